The summed E-state index contributed by atoms with van der Waals surface area (Å²) in [4.78, 5) is 22.5. The molecule has 1 aliphatic rings. The molecule has 0 atom stereocenters. The first-order valence-electron chi connectivity index (χ1n) is 7.11. The molecule has 0 saturated heterocycles. The molecule has 0 aromatic heterocycles. The Balaban J connectivity index is 1.71. The van der Waals surface area contributed by atoms with Crippen LogP contribution in [-0.4, -0.2) is 30.3 Å². The minimum atomic E-state index is -0.510. The standard InChI is InChI=1S/C16H13N3O5/c20-16(11-5-6-14-15(9-11)24-8-7-23-14)18-17-10-12-3-1-2-4-13(12)19(21)22/h1-6,9-10H,7-8H2,(H,18,20). The molecule has 1 N–H and O–H groups in total. The molecule has 8 nitrogen and oxygen atoms in total. The van der Waals surface area contributed by atoms with E-state index >= 15 is 0 Å². The third-order valence-corrected chi connectivity index (χ3v) is 3.31. The van der Waals surface area contributed by atoms with Crippen molar-refractivity contribution in [2.75, 3.05) is 13.2 Å². The molecule has 2 aromatic carbocycles. The van der Waals surface area contributed by atoms with E-state index in [-0.39, 0.29) is 5.69 Å². The zero-order valence-corrected chi connectivity index (χ0v) is 12.5. The molecule has 0 aliphatic carbocycles. The van der Waals surface area contributed by atoms with Crippen LogP contribution in [0.4, 0.5) is 5.69 Å². The number of rotatable bonds is 4. The Morgan fingerprint density at radius 3 is 2.71 bits per heavy atom. The van der Waals surface area contributed by atoms with Crippen molar-refractivity contribution in [3.8, 4) is 11.5 Å². The van der Waals surface area contributed by atoms with Crippen LogP contribution < -0.4 is 14.9 Å². The third kappa shape index (κ3) is 3.32. The summed E-state index contributed by atoms with van der Waals surface area (Å²) in [6, 6.07) is 10.9. The topological polar surface area (TPSA) is 103 Å². The zero-order valence-electron chi connectivity index (χ0n) is 12.5. The molecule has 3 rings (SSSR count). The van der Waals surface area contributed by atoms with Gasteiger partial charge in [-0.05, 0) is 24.3 Å². The Labute approximate surface area is 136 Å². The van der Waals surface area contributed by atoms with Gasteiger partial charge in [-0.3, -0.25) is 14.9 Å². The average molecular weight is 327 g/mol. The van der Waals surface area contributed by atoms with Crippen molar-refractivity contribution in [1.29, 1.82) is 0 Å². The molecule has 122 valence electrons. The number of nitro benzene ring substituents is 1. The molecular formula is C16H13N3O5. The lowest BCUT2D eigenvalue weighted by Crippen LogP contribution is -2.19. The average Bonchev–Trinajstić information content (AvgIpc) is 2.61. The number of carbonyl (C=O) groups is 1. The van der Waals surface area contributed by atoms with E-state index < -0.39 is 10.8 Å². The second-order valence-electron chi connectivity index (χ2n) is 4.87. The highest BCUT2D eigenvalue weighted by atomic mass is 16.6. The van der Waals surface area contributed by atoms with Gasteiger partial charge in [0.1, 0.15) is 13.2 Å². The Bertz CT molecular complexity index is 819. The first-order valence-corrected chi connectivity index (χ1v) is 7.11. The van der Waals surface area contributed by atoms with Gasteiger partial charge in [0.15, 0.2) is 11.5 Å². The first-order chi connectivity index (χ1) is 11.6. The predicted octanol–water partition coefficient (Wildman–Crippen LogP) is 2.13. The van der Waals surface area contributed by atoms with Crippen LogP contribution in [0.25, 0.3) is 0 Å². The van der Waals surface area contributed by atoms with Gasteiger partial charge in [0.25, 0.3) is 11.6 Å². The number of amides is 1. The smallest absolute Gasteiger partial charge is 0.278 e. The van der Waals surface area contributed by atoms with E-state index in [1.165, 1.54) is 18.3 Å². The minimum Gasteiger partial charge on any atom is -0.486 e. The van der Waals surface area contributed by atoms with Gasteiger partial charge in [0.05, 0.1) is 16.7 Å². The number of fused-ring (bicyclic) bond motifs is 1. The summed E-state index contributed by atoms with van der Waals surface area (Å²) >= 11 is 0. The van der Waals surface area contributed by atoms with E-state index in [4.69, 9.17) is 9.47 Å². The van der Waals surface area contributed by atoms with E-state index in [0.29, 0.717) is 35.8 Å². The van der Waals surface area contributed by atoms with Gasteiger partial charge >= 0.3 is 0 Å². The van der Waals surface area contributed by atoms with Gasteiger partial charge in [-0.2, -0.15) is 5.10 Å². The van der Waals surface area contributed by atoms with Gasteiger partial charge in [0.2, 0.25) is 0 Å². The number of para-hydroxylation sites is 1. The lowest BCUT2D eigenvalue weighted by atomic mass is 10.2. The fraction of sp³-hybridized carbons (Fsp3) is 0.125. The van der Waals surface area contributed by atoms with Crippen molar-refractivity contribution in [1.82, 2.24) is 5.43 Å². The summed E-state index contributed by atoms with van der Waals surface area (Å²) < 4.78 is 10.8. The number of hydrazone groups is 1. The highest BCUT2D eigenvalue weighted by Crippen LogP contribution is 2.30. The van der Waals surface area contributed by atoms with Gasteiger partial charge in [-0.1, -0.05) is 12.1 Å². The third-order valence-electron chi connectivity index (χ3n) is 3.31. The largest absolute Gasteiger partial charge is 0.486 e. The highest BCUT2D eigenvalue weighted by molar-refractivity contribution is 5.95. The van der Waals surface area contributed by atoms with Crippen LogP contribution in [0.1, 0.15) is 15.9 Å². The fourth-order valence-electron chi connectivity index (χ4n) is 2.17. The molecule has 0 bridgehead atoms. The molecule has 1 aliphatic heterocycles. The van der Waals surface area contributed by atoms with Crippen LogP contribution in [0, 0.1) is 10.1 Å². The maximum atomic E-state index is 12.1. The predicted molar refractivity (Wildman–Crippen MR) is 85.6 cm³/mol. The summed E-state index contributed by atoms with van der Waals surface area (Å²) in [6.07, 6.45) is 1.23. The van der Waals surface area contributed by atoms with Crippen molar-refractivity contribution in [3.63, 3.8) is 0 Å². The number of nitrogens with zero attached hydrogens (tertiary/aromatic N) is 2. The second kappa shape index (κ2) is 6.78. The Morgan fingerprint density at radius 1 is 1.17 bits per heavy atom. The Hall–Kier alpha value is -3.42. The summed E-state index contributed by atoms with van der Waals surface area (Å²) in [5.74, 6) is 0.625. The van der Waals surface area contributed by atoms with E-state index in [9.17, 15) is 14.9 Å². The van der Waals surface area contributed by atoms with Crippen molar-refractivity contribution >= 4 is 17.8 Å². The molecule has 0 saturated carbocycles. The first kappa shape index (κ1) is 15.5. The van der Waals surface area contributed by atoms with Crippen LogP contribution in [0.15, 0.2) is 47.6 Å². The number of nitro groups is 1. The Kier molecular flexibility index (Phi) is 4.37. The summed E-state index contributed by atoms with van der Waals surface area (Å²) in [5.41, 5.74) is 2.89. The maximum Gasteiger partial charge on any atom is 0.278 e. The lowest BCUT2D eigenvalue weighted by molar-refractivity contribution is -0.385. The van der Waals surface area contributed by atoms with Crippen molar-refractivity contribution in [2.24, 2.45) is 5.10 Å². The van der Waals surface area contributed by atoms with E-state index in [2.05, 4.69) is 10.5 Å². The monoisotopic (exact) mass is 327 g/mol. The maximum absolute atomic E-state index is 12.1. The van der Waals surface area contributed by atoms with Crippen molar-refractivity contribution in [2.45, 2.75) is 0 Å². The minimum absolute atomic E-state index is 0.0881. The van der Waals surface area contributed by atoms with Gasteiger partial charge in [-0.15, -0.1) is 0 Å². The highest BCUT2D eigenvalue weighted by Gasteiger charge is 2.15. The molecule has 0 radical (unpaired) electrons. The van der Waals surface area contributed by atoms with Crippen LogP contribution in [0.5, 0.6) is 11.5 Å². The lowest BCUT2D eigenvalue weighted by Gasteiger charge is -2.18. The van der Waals surface area contributed by atoms with E-state index in [1.54, 1.807) is 30.3 Å². The molecule has 24 heavy (non-hydrogen) atoms. The van der Waals surface area contributed by atoms with E-state index in [0.717, 1.165) is 0 Å². The number of hydrogen-bond donors (Lipinski definition) is 1. The van der Waals surface area contributed by atoms with Crippen LogP contribution in [0.2, 0.25) is 0 Å². The van der Waals surface area contributed by atoms with Crippen LogP contribution in [-0.2, 0) is 0 Å². The summed E-state index contributed by atoms with van der Waals surface area (Å²) in [6.45, 7) is 0.895. The summed E-state index contributed by atoms with van der Waals surface area (Å²) in [5, 5.41) is 14.7. The molecule has 0 fully saturated rings. The molecule has 8 heteroatoms. The molecular weight excluding hydrogens is 314 g/mol. The van der Waals surface area contributed by atoms with Gasteiger partial charge in [0, 0.05) is 11.6 Å². The molecule has 1 heterocycles. The quantitative estimate of drug-likeness (QED) is 0.526. The van der Waals surface area contributed by atoms with Crippen LogP contribution >= 0.6 is 0 Å². The fourth-order valence-corrected chi connectivity index (χ4v) is 2.17. The summed E-state index contributed by atoms with van der Waals surface area (Å²) in [7, 11) is 0. The van der Waals surface area contributed by atoms with Gasteiger partial charge < -0.3 is 9.47 Å². The molecule has 0 unspecified atom stereocenters. The normalized spacial score (nSPS) is 12.8. The Morgan fingerprint density at radius 2 is 1.92 bits per heavy atom. The molecule has 2 aromatic rings. The number of nitrogens with one attached hydrogen (secondary N) is 1. The molecule has 1 amide bonds. The number of hydrogen-bond acceptors (Lipinski definition) is 6. The van der Waals surface area contributed by atoms with E-state index in [1.807, 2.05) is 0 Å². The number of carbonyl (C=O) groups excluding carboxylic acids is 1. The number of ether oxygens (including phenoxy) is 2. The second-order valence-corrected chi connectivity index (χ2v) is 4.87. The van der Waals surface area contributed by atoms with Crippen LogP contribution in [0.3, 0.4) is 0 Å². The SMILES string of the molecule is O=C(NN=Cc1ccccc1[N+](=O)[O-])c1ccc2c(c1)OCCO2. The van der Waals surface area contributed by atoms with Crippen molar-refractivity contribution < 1.29 is 19.2 Å². The van der Waals surface area contributed by atoms with Gasteiger partial charge in [-0.25, -0.2) is 5.43 Å². The zero-order chi connectivity index (χ0) is 16.9. The number of benzene rings is 2. The molecule has 0 spiro atoms. The van der Waals surface area contributed by atoms with Crippen molar-refractivity contribution in [3.05, 3.63) is 63.7 Å².